The molecule has 2 fully saturated rings. The summed E-state index contributed by atoms with van der Waals surface area (Å²) in [6.07, 6.45) is 8.86. The van der Waals surface area contributed by atoms with Gasteiger partial charge in [-0.25, -0.2) is 0 Å². The Bertz CT molecular complexity index is 724. The molecule has 2 aliphatic heterocycles. The molecule has 0 unspecified atom stereocenters. The number of nitrogens with zero attached hydrogens (tertiary/aromatic N) is 3. The first-order valence-electron chi connectivity index (χ1n) is 9.18. The predicted molar refractivity (Wildman–Crippen MR) is 96.7 cm³/mol. The number of methoxy groups -OCH3 is 1. The number of aromatic nitrogens is 1. The summed E-state index contributed by atoms with van der Waals surface area (Å²) in [7, 11) is 1.75. The lowest BCUT2D eigenvalue weighted by atomic mass is 9.63. The fraction of sp³-hybridized carbons (Fsp3) is 0.500. The van der Waals surface area contributed by atoms with E-state index in [4.69, 9.17) is 9.15 Å². The minimum atomic E-state index is 0.0737. The summed E-state index contributed by atoms with van der Waals surface area (Å²) in [6, 6.07) is 6.36. The Morgan fingerprint density at radius 1 is 1.31 bits per heavy atom. The second-order valence-corrected chi connectivity index (χ2v) is 7.31. The van der Waals surface area contributed by atoms with Crippen LogP contribution in [0.3, 0.4) is 0 Å². The van der Waals surface area contributed by atoms with E-state index in [9.17, 15) is 4.79 Å². The number of carbonyl (C=O) groups excluding carboxylic acids is 1. The minimum absolute atomic E-state index is 0.0737. The molecule has 2 saturated heterocycles. The maximum Gasteiger partial charge on any atom is 0.257 e. The van der Waals surface area contributed by atoms with Gasteiger partial charge in [0.15, 0.2) is 0 Å². The van der Waals surface area contributed by atoms with Crippen LogP contribution in [0.2, 0.25) is 0 Å². The molecule has 0 aromatic carbocycles. The van der Waals surface area contributed by atoms with Gasteiger partial charge in [0.2, 0.25) is 0 Å². The largest absolute Gasteiger partial charge is 0.472 e. The van der Waals surface area contributed by atoms with Gasteiger partial charge < -0.3 is 14.1 Å². The van der Waals surface area contributed by atoms with Crippen LogP contribution >= 0.6 is 0 Å². The molecule has 138 valence electrons. The van der Waals surface area contributed by atoms with E-state index in [1.54, 1.807) is 19.4 Å². The zero-order valence-electron chi connectivity index (χ0n) is 15.1. The van der Waals surface area contributed by atoms with Gasteiger partial charge in [-0.3, -0.25) is 14.7 Å². The summed E-state index contributed by atoms with van der Waals surface area (Å²) in [5, 5.41) is 0. The molecule has 6 heteroatoms. The quantitative estimate of drug-likeness (QED) is 0.825. The van der Waals surface area contributed by atoms with Crippen LogP contribution in [0.5, 0.6) is 0 Å². The number of ether oxygens (including phenoxy) is 1. The second kappa shape index (κ2) is 7.21. The lowest BCUT2D eigenvalue weighted by Crippen LogP contribution is -2.62. The average Bonchev–Trinajstić information content (AvgIpc) is 3.20. The number of piperidine rings is 1. The topological polar surface area (TPSA) is 58.8 Å². The highest BCUT2D eigenvalue weighted by atomic mass is 16.5. The van der Waals surface area contributed by atoms with Gasteiger partial charge in [0.05, 0.1) is 18.4 Å². The molecule has 0 bridgehead atoms. The van der Waals surface area contributed by atoms with Crippen LogP contribution in [0.4, 0.5) is 0 Å². The Hall–Kier alpha value is -2.18. The molecular weight excluding hydrogens is 330 g/mol. The molecule has 4 heterocycles. The summed E-state index contributed by atoms with van der Waals surface area (Å²) < 4.78 is 10.3. The number of carbonyl (C=O) groups is 1. The maximum absolute atomic E-state index is 12.6. The molecular formula is C20H25N3O3. The number of hydrogen-bond donors (Lipinski definition) is 0. The van der Waals surface area contributed by atoms with E-state index in [1.807, 2.05) is 17.3 Å². The smallest absolute Gasteiger partial charge is 0.257 e. The lowest BCUT2D eigenvalue weighted by molar-refractivity contribution is -0.114. The van der Waals surface area contributed by atoms with E-state index in [2.05, 4.69) is 22.0 Å². The summed E-state index contributed by atoms with van der Waals surface area (Å²) >= 11 is 0. The third-order valence-electron chi connectivity index (χ3n) is 5.88. The zero-order chi connectivity index (χ0) is 18.0. The normalized spacial score (nSPS) is 22.3. The Morgan fingerprint density at radius 2 is 2.08 bits per heavy atom. The fourth-order valence-electron chi connectivity index (χ4n) is 4.54. The van der Waals surface area contributed by atoms with Crippen LogP contribution in [0.1, 0.15) is 34.8 Å². The van der Waals surface area contributed by atoms with Gasteiger partial charge in [-0.2, -0.15) is 0 Å². The van der Waals surface area contributed by atoms with Gasteiger partial charge in [0.25, 0.3) is 5.91 Å². The molecule has 4 rings (SSSR count). The lowest BCUT2D eigenvalue weighted by Gasteiger charge is -2.60. The molecule has 0 N–H and O–H groups in total. The summed E-state index contributed by atoms with van der Waals surface area (Å²) in [5.74, 6) is 0.0737. The van der Waals surface area contributed by atoms with Gasteiger partial charge >= 0.3 is 0 Å². The Kier molecular flexibility index (Phi) is 4.78. The molecule has 0 radical (unpaired) electrons. The van der Waals surface area contributed by atoms with Crippen LogP contribution < -0.4 is 0 Å². The maximum atomic E-state index is 12.6. The first-order chi connectivity index (χ1) is 12.7. The van der Waals surface area contributed by atoms with Gasteiger partial charge in [-0.1, -0.05) is 0 Å². The van der Waals surface area contributed by atoms with Crippen molar-refractivity contribution in [3.05, 3.63) is 54.2 Å². The van der Waals surface area contributed by atoms with E-state index < -0.39 is 0 Å². The molecule has 2 aromatic rings. The molecule has 1 spiro atoms. The number of rotatable bonds is 5. The summed E-state index contributed by atoms with van der Waals surface area (Å²) in [4.78, 5) is 21.2. The van der Waals surface area contributed by atoms with Crippen LogP contribution in [-0.4, -0.2) is 60.6 Å². The molecule has 6 nitrogen and oxygen atoms in total. The molecule has 26 heavy (non-hydrogen) atoms. The SMILES string of the molecule is COCCN1CC2(CCN(C(=O)c3ccoc3)CC2)[C@H]1c1ccncc1. The third-order valence-corrected chi connectivity index (χ3v) is 5.88. The molecule has 0 aliphatic carbocycles. The van der Waals surface area contributed by atoms with Crippen LogP contribution in [0, 0.1) is 5.41 Å². The van der Waals surface area contributed by atoms with Crippen molar-refractivity contribution in [2.24, 2.45) is 5.41 Å². The zero-order valence-corrected chi connectivity index (χ0v) is 15.1. The predicted octanol–water partition coefficient (Wildman–Crippen LogP) is 2.60. The Balaban J connectivity index is 1.47. The van der Waals surface area contributed by atoms with Crippen molar-refractivity contribution in [3.63, 3.8) is 0 Å². The second-order valence-electron chi connectivity index (χ2n) is 7.31. The first-order valence-corrected chi connectivity index (χ1v) is 9.18. The van der Waals surface area contributed by atoms with Gasteiger partial charge in [0, 0.05) is 57.1 Å². The number of furan rings is 1. The van der Waals surface area contributed by atoms with Gasteiger partial charge in [0.1, 0.15) is 6.26 Å². The van der Waals surface area contributed by atoms with Crippen molar-refractivity contribution in [3.8, 4) is 0 Å². The van der Waals surface area contributed by atoms with E-state index in [0.717, 1.165) is 45.6 Å². The molecule has 2 aliphatic rings. The molecule has 1 atom stereocenters. The van der Waals surface area contributed by atoms with Gasteiger partial charge in [-0.15, -0.1) is 0 Å². The monoisotopic (exact) mass is 355 g/mol. The van der Waals surface area contributed by atoms with Crippen molar-refractivity contribution in [2.75, 3.05) is 39.9 Å². The highest BCUT2D eigenvalue weighted by Crippen LogP contribution is 2.54. The summed E-state index contributed by atoms with van der Waals surface area (Å²) in [6.45, 7) is 4.33. The van der Waals surface area contributed by atoms with Crippen LogP contribution in [0.25, 0.3) is 0 Å². The average molecular weight is 355 g/mol. The van der Waals surface area contributed by atoms with Crippen molar-refractivity contribution < 1.29 is 13.9 Å². The van der Waals surface area contributed by atoms with Gasteiger partial charge in [-0.05, 0) is 36.6 Å². The Morgan fingerprint density at radius 3 is 2.73 bits per heavy atom. The highest BCUT2D eigenvalue weighted by Gasteiger charge is 2.53. The number of hydrogen-bond acceptors (Lipinski definition) is 5. The van der Waals surface area contributed by atoms with Crippen molar-refractivity contribution in [1.82, 2.24) is 14.8 Å². The van der Waals surface area contributed by atoms with E-state index in [0.29, 0.717) is 11.6 Å². The number of likely N-dealkylation sites (tertiary alicyclic amines) is 2. The van der Waals surface area contributed by atoms with Crippen molar-refractivity contribution in [2.45, 2.75) is 18.9 Å². The van der Waals surface area contributed by atoms with E-state index in [-0.39, 0.29) is 11.3 Å². The fourth-order valence-corrected chi connectivity index (χ4v) is 4.54. The summed E-state index contributed by atoms with van der Waals surface area (Å²) in [5.41, 5.74) is 2.20. The molecule has 1 amide bonds. The van der Waals surface area contributed by atoms with Crippen LogP contribution in [-0.2, 0) is 4.74 Å². The number of amides is 1. The first kappa shape index (κ1) is 17.2. The number of pyridine rings is 1. The highest BCUT2D eigenvalue weighted by molar-refractivity contribution is 5.93. The third kappa shape index (κ3) is 3.04. The molecule has 0 saturated carbocycles. The van der Waals surface area contributed by atoms with E-state index >= 15 is 0 Å². The standard InChI is InChI=1S/C20H25N3O3/c1-25-13-11-23-15-20(18(23)16-2-7-21-8-3-16)5-9-22(10-6-20)19(24)17-4-12-26-14-17/h2-4,7-8,12,14,18H,5-6,9-11,13,15H2,1H3/t18-/m1/s1. The molecule has 2 aromatic heterocycles. The van der Waals surface area contributed by atoms with Crippen molar-refractivity contribution >= 4 is 5.91 Å². The van der Waals surface area contributed by atoms with Crippen LogP contribution in [0.15, 0.2) is 47.5 Å². The minimum Gasteiger partial charge on any atom is -0.472 e. The Labute approximate surface area is 153 Å². The van der Waals surface area contributed by atoms with E-state index in [1.165, 1.54) is 11.8 Å². The van der Waals surface area contributed by atoms with Crippen molar-refractivity contribution in [1.29, 1.82) is 0 Å².